The molecular weight excluding hydrogens is 416 g/mol. The number of carbonyl (C=O) groups is 1. The molecule has 1 fully saturated rings. The van der Waals surface area contributed by atoms with Crippen molar-refractivity contribution in [2.24, 2.45) is 5.92 Å². The van der Waals surface area contributed by atoms with Gasteiger partial charge in [-0.25, -0.2) is 0 Å². The smallest absolute Gasteiger partial charge is 0.303 e. The first kappa shape index (κ1) is 21.2. The van der Waals surface area contributed by atoms with E-state index >= 15 is 0 Å². The predicted molar refractivity (Wildman–Crippen MR) is 122 cm³/mol. The molecule has 8 heteroatoms. The molecule has 0 spiro atoms. The first-order chi connectivity index (χ1) is 14.9. The van der Waals surface area contributed by atoms with Gasteiger partial charge < -0.3 is 20.4 Å². The second-order valence-corrected chi connectivity index (χ2v) is 8.50. The second-order valence-electron chi connectivity index (χ2n) is 8.09. The topological polar surface area (TPSA) is 98.6 Å². The van der Waals surface area contributed by atoms with Gasteiger partial charge in [0.15, 0.2) is 11.6 Å². The van der Waals surface area contributed by atoms with Crippen LogP contribution >= 0.6 is 11.6 Å². The number of phenols is 1. The number of aromatic hydroxyl groups is 1. The summed E-state index contributed by atoms with van der Waals surface area (Å²) in [5.74, 6) is 1.06. The van der Waals surface area contributed by atoms with Gasteiger partial charge in [-0.3, -0.25) is 4.79 Å². The summed E-state index contributed by atoms with van der Waals surface area (Å²) >= 11 is 6.01. The fourth-order valence-corrected chi connectivity index (χ4v) is 4.26. The van der Waals surface area contributed by atoms with Crippen LogP contribution in [0.15, 0.2) is 36.4 Å². The van der Waals surface area contributed by atoms with Gasteiger partial charge in [0.25, 0.3) is 0 Å². The number of anilines is 2. The minimum absolute atomic E-state index is 0.0581. The number of nitrogens with one attached hydrogen (secondary N) is 1. The van der Waals surface area contributed by atoms with E-state index in [2.05, 4.69) is 38.6 Å². The van der Waals surface area contributed by atoms with Gasteiger partial charge in [0, 0.05) is 36.8 Å². The third-order valence-electron chi connectivity index (χ3n) is 5.77. The van der Waals surface area contributed by atoms with E-state index < -0.39 is 5.97 Å². The van der Waals surface area contributed by atoms with E-state index in [9.17, 15) is 9.90 Å². The van der Waals surface area contributed by atoms with E-state index in [1.54, 1.807) is 12.1 Å². The van der Waals surface area contributed by atoms with E-state index in [-0.39, 0.29) is 18.1 Å². The lowest BCUT2D eigenvalue weighted by molar-refractivity contribution is -0.138. The summed E-state index contributed by atoms with van der Waals surface area (Å²) in [5.41, 5.74) is 2.05. The maximum absolute atomic E-state index is 11.0. The van der Waals surface area contributed by atoms with Crippen molar-refractivity contribution >= 4 is 40.0 Å². The molecule has 0 radical (unpaired) electrons. The monoisotopic (exact) mass is 440 g/mol. The predicted octanol–water partition coefficient (Wildman–Crippen LogP) is 4.60. The Bertz CT molecular complexity index is 1110. The van der Waals surface area contributed by atoms with Crippen LogP contribution in [0.3, 0.4) is 0 Å². The van der Waals surface area contributed by atoms with Crippen LogP contribution < -0.4 is 10.2 Å². The highest BCUT2D eigenvalue weighted by Crippen LogP contribution is 2.33. The van der Waals surface area contributed by atoms with Crippen molar-refractivity contribution in [3.05, 3.63) is 52.5 Å². The summed E-state index contributed by atoms with van der Waals surface area (Å²) in [6.45, 7) is 4.08. The van der Waals surface area contributed by atoms with Gasteiger partial charge in [0.2, 0.25) is 0 Å². The molecule has 1 saturated heterocycles. The number of aliphatic carboxylic acids is 1. The van der Waals surface area contributed by atoms with Crippen molar-refractivity contribution in [2.45, 2.75) is 32.7 Å². The van der Waals surface area contributed by atoms with Gasteiger partial charge >= 0.3 is 5.97 Å². The first-order valence-corrected chi connectivity index (χ1v) is 10.7. The van der Waals surface area contributed by atoms with Crippen molar-refractivity contribution in [2.75, 3.05) is 23.3 Å². The maximum atomic E-state index is 11.0. The third-order valence-corrected chi connectivity index (χ3v) is 6.07. The van der Waals surface area contributed by atoms with Crippen LogP contribution in [-0.2, 0) is 11.3 Å². The molecule has 31 heavy (non-hydrogen) atoms. The van der Waals surface area contributed by atoms with Crippen LogP contribution in [0.2, 0.25) is 5.02 Å². The highest BCUT2D eigenvalue weighted by Gasteiger charge is 2.24. The Morgan fingerprint density at radius 3 is 2.65 bits per heavy atom. The van der Waals surface area contributed by atoms with E-state index in [1.165, 1.54) is 0 Å². The number of carboxylic acid groups (broad SMARTS) is 1. The van der Waals surface area contributed by atoms with E-state index in [0.717, 1.165) is 53.6 Å². The zero-order chi connectivity index (χ0) is 22.0. The minimum Gasteiger partial charge on any atom is -0.506 e. The van der Waals surface area contributed by atoms with Crippen LogP contribution in [0.1, 0.15) is 30.4 Å². The number of hydrogen-bond donors (Lipinski definition) is 3. The molecule has 2 aromatic carbocycles. The van der Waals surface area contributed by atoms with E-state index in [4.69, 9.17) is 16.7 Å². The number of carboxylic acids is 1. The zero-order valence-electron chi connectivity index (χ0n) is 17.3. The number of hydrogen-bond acceptors (Lipinski definition) is 6. The summed E-state index contributed by atoms with van der Waals surface area (Å²) < 4.78 is 0. The molecule has 1 aliphatic rings. The number of aromatic nitrogens is 2. The molecular formula is C23H25ClN4O3. The molecule has 3 N–H and O–H groups in total. The quantitative estimate of drug-likeness (QED) is 0.515. The van der Waals surface area contributed by atoms with Crippen molar-refractivity contribution in [1.82, 2.24) is 10.2 Å². The first-order valence-electron chi connectivity index (χ1n) is 10.4. The van der Waals surface area contributed by atoms with Crippen LogP contribution in [0.4, 0.5) is 11.6 Å². The number of rotatable bonds is 6. The number of fused-ring (bicyclic) bond motifs is 1. The lowest BCUT2D eigenvalue weighted by atomic mass is 9.93. The van der Waals surface area contributed by atoms with Crippen LogP contribution in [0.5, 0.6) is 5.75 Å². The fraction of sp³-hybridized carbons (Fsp3) is 0.348. The van der Waals surface area contributed by atoms with Gasteiger partial charge in [-0.05, 0) is 49.4 Å². The average Bonchev–Trinajstić information content (AvgIpc) is 2.74. The van der Waals surface area contributed by atoms with Crippen LogP contribution in [0, 0.1) is 12.8 Å². The van der Waals surface area contributed by atoms with Crippen molar-refractivity contribution in [3.63, 3.8) is 0 Å². The largest absolute Gasteiger partial charge is 0.506 e. The highest BCUT2D eigenvalue weighted by atomic mass is 35.5. The molecule has 1 aliphatic heterocycles. The Kier molecular flexibility index (Phi) is 6.13. The molecule has 0 unspecified atom stereocenters. The molecule has 0 atom stereocenters. The molecule has 7 nitrogen and oxygen atoms in total. The summed E-state index contributed by atoms with van der Waals surface area (Å²) in [6.07, 6.45) is 1.90. The molecule has 0 aliphatic carbocycles. The Hall–Kier alpha value is -3.06. The Morgan fingerprint density at radius 2 is 1.94 bits per heavy atom. The minimum atomic E-state index is -0.732. The molecule has 162 valence electrons. The summed E-state index contributed by atoms with van der Waals surface area (Å²) in [6, 6.07) is 11.3. The second kappa shape index (κ2) is 8.98. The SMILES string of the molecule is Cc1ccc2c(N3CCC(CC(=O)O)CC3)nnc(NCc3ccc(O)c(Cl)c3)c2c1. The summed E-state index contributed by atoms with van der Waals surface area (Å²) in [5, 5.41) is 33.3. The van der Waals surface area contributed by atoms with Gasteiger partial charge in [-0.1, -0.05) is 35.4 Å². The van der Waals surface area contributed by atoms with Gasteiger partial charge in [-0.15, -0.1) is 10.2 Å². The molecule has 2 heterocycles. The van der Waals surface area contributed by atoms with Gasteiger partial charge in [0.1, 0.15) is 5.75 Å². The molecule has 0 amide bonds. The van der Waals surface area contributed by atoms with Crippen LogP contribution in [-0.4, -0.2) is 39.5 Å². The molecule has 0 saturated carbocycles. The molecule has 4 rings (SSSR count). The normalized spacial score (nSPS) is 14.7. The van der Waals surface area contributed by atoms with Crippen LogP contribution in [0.25, 0.3) is 10.8 Å². The van der Waals surface area contributed by atoms with Gasteiger partial charge in [0.05, 0.1) is 5.02 Å². The van der Waals surface area contributed by atoms with Crippen molar-refractivity contribution in [1.29, 1.82) is 0 Å². The fourth-order valence-electron chi connectivity index (χ4n) is 4.06. The van der Waals surface area contributed by atoms with E-state index in [0.29, 0.717) is 17.4 Å². The van der Waals surface area contributed by atoms with Crippen molar-refractivity contribution in [3.8, 4) is 5.75 Å². The Morgan fingerprint density at radius 1 is 1.16 bits per heavy atom. The molecule has 3 aromatic rings. The van der Waals surface area contributed by atoms with Crippen molar-refractivity contribution < 1.29 is 15.0 Å². The number of phenolic OH excluding ortho intramolecular Hbond substituents is 1. The number of halogens is 1. The number of piperidine rings is 1. The average molecular weight is 441 g/mol. The third kappa shape index (κ3) is 4.82. The summed E-state index contributed by atoms with van der Waals surface area (Å²) in [7, 11) is 0. The summed E-state index contributed by atoms with van der Waals surface area (Å²) in [4.78, 5) is 13.2. The lowest BCUT2D eigenvalue weighted by Crippen LogP contribution is -2.35. The number of benzene rings is 2. The number of nitrogens with zero attached hydrogens (tertiary/aromatic N) is 3. The highest BCUT2D eigenvalue weighted by molar-refractivity contribution is 6.32. The molecule has 0 bridgehead atoms. The maximum Gasteiger partial charge on any atom is 0.303 e. The van der Waals surface area contributed by atoms with Gasteiger partial charge in [-0.2, -0.15) is 0 Å². The standard InChI is InChI=1S/C23H25ClN4O3/c1-14-2-4-17-18(10-14)22(25-13-16-3-5-20(29)19(24)11-16)26-27-23(17)28-8-6-15(7-9-28)12-21(30)31/h2-5,10-11,15,29H,6-9,12-13H2,1H3,(H,25,26)(H,30,31). The number of aryl methyl sites for hydroxylation is 1. The van der Waals surface area contributed by atoms with E-state index in [1.807, 2.05) is 13.0 Å². The Balaban J connectivity index is 1.57. The zero-order valence-corrected chi connectivity index (χ0v) is 18.1. The lowest BCUT2D eigenvalue weighted by Gasteiger charge is -2.32. The Labute approximate surface area is 185 Å². The molecule has 1 aromatic heterocycles.